The van der Waals surface area contributed by atoms with Crippen molar-refractivity contribution in [3.8, 4) is 0 Å². The molecule has 0 rings (SSSR count). The average Bonchev–Trinajstić information content (AvgIpc) is 2.02. The van der Waals surface area contributed by atoms with Crippen molar-refractivity contribution in [3.63, 3.8) is 0 Å². The molecule has 1 atom stereocenters. The Kier molecular flexibility index (Phi) is 4.81. The van der Waals surface area contributed by atoms with Crippen LogP contribution >= 0.6 is 0 Å². The molecule has 0 spiro atoms. The number of hydrogen-bond donors (Lipinski definition) is 1. The third-order valence-electron chi connectivity index (χ3n) is 1.29. The third kappa shape index (κ3) is 5.07. The van der Waals surface area contributed by atoms with Gasteiger partial charge in [-0.15, -0.1) is 0 Å². The van der Waals surface area contributed by atoms with Gasteiger partial charge < -0.3 is 9.84 Å². The van der Waals surface area contributed by atoms with E-state index in [0.29, 0.717) is 12.8 Å². The highest BCUT2D eigenvalue weighted by molar-refractivity contribution is 5.69. The molecule has 0 aromatic carbocycles. The molecule has 0 fully saturated rings. The third-order valence-corrected chi connectivity index (χ3v) is 1.29. The number of ether oxygens (including phenoxy) is 1. The number of alkyl halides is 1. The molecule has 0 radical (unpaired) electrons. The van der Waals surface area contributed by atoms with Crippen LogP contribution in [0.2, 0.25) is 0 Å². The molecular weight excluding hydrogens is 163 g/mol. The van der Waals surface area contributed by atoms with Gasteiger partial charge >= 0.3 is 5.97 Å². The van der Waals surface area contributed by atoms with E-state index >= 15 is 0 Å². The lowest BCUT2D eigenvalue weighted by atomic mass is 10.1. The Labute approximate surface area is 71.5 Å². The van der Waals surface area contributed by atoms with Crippen molar-refractivity contribution in [2.75, 3.05) is 13.3 Å². The van der Waals surface area contributed by atoms with Crippen LogP contribution in [0.5, 0.6) is 0 Å². The summed E-state index contributed by atoms with van der Waals surface area (Å²) in [6, 6.07) is 0. The highest BCUT2D eigenvalue weighted by Gasteiger charge is 2.22. The second kappa shape index (κ2) is 5.09. The van der Waals surface area contributed by atoms with Gasteiger partial charge in [-0.1, -0.05) is 6.92 Å². The predicted octanol–water partition coefficient (Wildman–Crippen LogP) is 1.05. The minimum atomic E-state index is -1.54. The summed E-state index contributed by atoms with van der Waals surface area (Å²) < 4.78 is 16.6. The van der Waals surface area contributed by atoms with E-state index in [1.165, 1.54) is 6.92 Å². The second-order valence-electron chi connectivity index (χ2n) is 3.04. The fourth-order valence-electron chi connectivity index (χ4n) is 0.551. The second-order valence-corrected chi connectivity index (χ2v) is 3.04. The molecule has 0 saturated heterocycles. The number of aliphatic hydroxyl groups is 1. The number of hydrogen-bond acceptors (Lipinski definition) is 3. The quantitative estimate of drug-likeness (QED) is 0.640. The first kappa shape index (κ1) is 11.4. The minimum absolute atomic E-state index is 0.275. The van der Waals surface area contributed by atoms with E-state index in [2.05, 4.69) is 4.74 Å². The van der Waals surface area contributed by atoms with Crippen molar-refractivity contribution in [1.29, 1.82) is 0 Å². The largest absolute Gasteiger partial charge is 0.463 e. The van der Waals surface area contributed by atoms with Crippen molar-refractivity contribution in [2.24, 2.45) is 0 Å². The van der Waals surface area contributed by atoms with Crippen molar-refractivity contribution < 1.29 is 19.0 Å². The summed E-state index contributed by atoms with van der Waals surface area (Å²) in [7, 11) is 0. The summed E-state index contributed by atoms with van der Waals surface area (Å²) in [5.41, 5.74) is -1.54. The van der Waals surface area contributed by atoms with Gasteiger partial charge in [-0.2, -0.15) is 0 Å². The van der Waals surface area contributed by atoms with E-state index in [-0.39, 0.29) is 6.61 Å². The number of halogens is 1. The number of carbonyl (C=O) groups excluding carboxylic acids is 1. The first-order chi connectivity index (χ1) is 5.52. The van der Waals surface area contributed by atoms with Crippen molar-refractivity contribution in [3.05, 3.63) is 0 Å². The molecule has 0 heterocycles. The summed E-state index contributed by atoms with van der Waals surface area (Å²) in [4.78, 5) is 10.7. The van der Waals surface area contributed by atoms with Gasteiger partial charge in [0.1, 0.15) is 18.9 Å². The molecule has 72 valence electrons. The Morgan fingerprint density at radius 2 is 2.25 bits per heavy atom. The Balaban J connectivity index is 3.60. The van der Waals surface area contributed by atoms with E-state index in [1.807, 2.05) is 6.92 Å². The molecule has 12 heavy (non-hydrogen) atoms. The maximum Gasteiger partial charge on any atom is 0.305 e. The SMILES string of the molecule is CCCC(=O)OC[C@](C)(O)CF. The molecule has 0 aliphatic carbocycles. The standard InChI is InChI=1S/C8H15FO3/c1-3-4-7(10)12-6-8(2,11)5-9/h11H,3-6H2,1-2H3/t8-/m1/s1. The highest BCUT2D eigenvalue weighted by atomic mass is 19.1. The van der Waals surface area contributed by atoms with Crippen molar-refractivity contribution in [2.45, 2.75) is 32.3 Å². The van der Waals surface area contributed by atoms with Crippen LogP contribution in [0.25, 0.3) is 0 Å². The van der Waals surface area contributed by atoms with Crippen LogP contribution in [-0.4, -0.2) is 30.0 Å². The zero-order chi connectivity index (χ0) is 9.61. The van der Waals surface area contributed by atoms with Crippen LogP contribution in [0.15, 0.2) is 0 Å². The summed E-state index contributed by atoms with van der Waals surface area (Å²) in [6.07, 6.45) is 0.999. The lowest BCUT2D eigenvalue weighted by Gasteiger charge is -2.18. The number of rotatable bonds is 5. The van der Waals surface area contributed by atoms with E-state index in [0.717, 1.165) is 0 Å². The first-order valence-corrected chi connectivity index (χ1v) is 3.96. The molecule has 0 aliphatic rings. The zero-order valence-corrected chi connectivity index (χ0v) is 7.47. The molecule has 0 saturated carbocycles. The smallest absolute Gasteiger partial charge is 0.305 e. The summed E-state index contributed by atoms with van der Waals surface area (Å²) in [5.74, 6) is -0.397. The Morgan fingerprint density at radius 3 is 2.67 bits per heavy atom. The fraction of sp³-hybridized carbons (Fsp3) is 0.875. The van der Waals surface area contributed by atoms with Gasteiger partial charge in [0.05, 0.1) is 0 Å². The van der Waals surface area contributed by atoms with Gasteiger partial charge in [0, 0.05) is 6.42 Å². The normalized spacial score (nSPS) is 15.3. The lowest BCUT2D eigenvalue weighted by molar-refractivity contribution is -0.151. The van der Waals surface area contributed by atoms with Crippen molar-refractivity contribution >= 4 is 5.97 Å². The van der Waals surface area contributed by atoms with Gasteiger partial charge in [0.2, 0.25) is 0 Å². The Bertz CT molecular complexity index is 145. The molecule has 3 nitrogen and oxygen atoms in total. The van der Waals surface area contributed by atoms with Crippen LogP contribution in [-0.2, 0) is 9.53 Å². The average molecular weight is 178 g/mol. The van der Waals surface area contributed by atoms with Gasteiger partial charge in [-0.05, 0) is 13.3 Å². The molecule has 0 bridgehead atoms. The predicted molar refractivity (Wildman–Crippen MR) is 42.5 cm³/mol. The topological polar surface area (TPSA) is 46.5 Å². The Hall–Kier alpha value is -0.640. The van der Waals surface area contributed by atoms with E-state index in [1.54, 1.807) is 0 Å². The first-order valence-electron chi connectivity index (χ1n) is 3.96. The summed E-state index contributed by atoms with van der Waals surface area (Å²) in [5, 5.41) is 9.09. The van der Waals surface area contributed by atoms with Gasteiger partial charge in [-0.3, -0.25) is 4.79 Å². The van der Waals surface area contributed by atoms with E-state index in [4.69, 9.17) is 5.11 Å². The molecule has 0 unspecified atom stereocenters. The van der Waals surface area contributed by atoms with Crippen LogP contribution in [0.1, 0.15) is 26.7 Å². The zero-order valence-electron chi connectivity index (χ0n) is 7.47. The van der Waals surface area contributed by atoms with Gasteiger partial charge in [-0.25, -0.2) is 4.39 Å². The molecule has 0 amide bonds. The van der Waals surface area contributed by atoms with Crippen LogP contribution < -0.4 is 0 Å². The van der Waals surface area contributed by atoms with E-state index in [9.17, 15) is 9.18 Å². The summed E-state index contributed by atoms with van der Waals surface area (Å²) in [6.45, 7) is 1.94. The molecule has 0 aromatic rings. The van der Waals surface area contributed by atoms with E-state index < -0.39 is 18.2 Å². The highest BCUT2D eigenvalue weighted by Crippen LogP contribution is 2.05. The molecular formula is C8H15FO3. The van der Waals surface area contributed by atoms with Crippen LogP contribution in [0, 0.1) is 0 Å². The maximum absolute atomic E-state index is 12.0. The van der Waals surface area contributed by atoms with Crippen LogP contribution in [0.3, 0.4) is 0 Å². The number of esters is 1. The fourth-order valence-corrected chi connectivity index (χ4v) is 0.551. The monoisotopic (exact) mass is 178 g/mol. The van der Waals surface area contributed by atoms with Crippen molar-refractivity contribution in [1.82, 2.24) is 0 Å². The van der Waals surface area contributed by atoms with Gasteiger partial charge in [0.15, 0.2) is 0 Å². The number of carbonyl (C=O) groups is 1. The Morgan fingerprint density at radius 1 is 1.67 bits per heavy atom. The van der Waals surface area contributed by atoms with Crippen LogP contribution in [0.4, 0.5) is 4.39 Å². The molecule has 4 heteroatoms. The van der Waals surface area contributed by atoms with Gasteiger partial charge in [0.25, 0.3) is 0 Å². The minimum Gasteiger partial charge on any atom is -0.463 e. The molecule has 0 aromatic heterocycles. The molecule has 0 aliphatic heterocycles. The lowest BCUT2D eigenvalue weighted by Crippen LogP contribution is -2.34. The summed E-state index contributed by atoms with van der Waals surface area (Å²) >= 11 is 0. The maximum atomic E-state index is 12.0. The molecule has 1 N–H and O–H groups in total.